The van der Waals surface area contributed by atoms with Crippen molar-refractivity contribution in [1.82, 2.24) is 14.7 Å². The molecule has 16 nitrogen and oxygen atoms in total. The van der Waals surface area contributed by atoms with E-state index < -0.39 is 95.2 Å². The number of carbonyl (C=O) groups excluding carboxylic acids is 5. The number of β-lactam (4-membered cyclic amide) rings is 1. The van der Waals surface area contributed by atoms with Gasteiger partial charge in [-0.1, -0.05) is 20.8 Å². The number of carboxylic acids is 1. The van der Waals surface area contributed by atoms with E-state index in [0.29, 0.717) is 0 Å². The molecule has 0 aromatic rings. The summed E-state index contributed by atoms with van der Waals surface area (Å²) in [6.07, 6.45) is -7.28. The first-order chi connectivity index (χ1) is 21.8. The molecule has 47 heavy (non-hydrogen) atoms. The van der Waals surface area contributed by atoms with Gasteiger partial charge in [0.1, 0.15) is 30.2 Å². The summed E-state index contributed by atoms with van der Waals surface area (Å²) in [5, 5.41) is 8.67. The van der Waals surface area contributed by atoms with E-state index in [1.807, 2.05) is 0 Å². The molecular formula is C29H46N4O12S2. The van der Waals surface area contributed by atoms with E-state index in [1.165, 1.54) is 36.3 Å². The Morgan fingerprint density at radius 3 is 1.81 bits per heavy atom. The Kier molecular flexibility index (Phi) is 14.2. The zero-order valence-electron chi connectivity index (χ0n) is 28.1. The Morgan fingerprint density at radius 2 is 1.40 bits per heavy atom. The molecule has 0 unspecified atom stereocenters. The summed E-state index contributed by atoms with van der Waals surface area (Å²) >= 11 is 6.48. The third kappa shape index (κ3) is 9.45. The summed E-state index contributed by atoms with van der Waals surface area (Å²) in [5.74, 6) is -5.01. The van der Waals surface area contributed by atoms with Crippen LogP contribution in [0.1, 0.15) is 62.3 Å². The third-order valence-electron chi connectivity index (χ3n) is 7.78. The van der Waals surface area contributed by atoms with Gasteiger partial charge in [0.15, 0.2) is 29.7 Å². The molecule has 3 heterocycles. The van der Waals surface area contributed by atoms with Crippen LogP contribution in [0.3, 0.4) is 0 Å². The minimum Gasteiger partial charge on any atom is -0.480 e. The van der Waals surface area contributed by atoms with Crippen molar-refractivity contribution in [2.75, 3.05) is 26.2 Å². The Bertz CT molecular complexity index is 1210. The largest absolute Gasteiger partial charge is 0.480 e. The maximum absolute atomic E-state index is 13.4. The van der Waals surface area contributed by atoms with Crippen molar-refractivity contribution in [3.8, 4) is 0 Å². The molecule has 3 fully saturated rings. The monoisotopic (exact) mass is 706 g/mol. The highest BCUT2D eigenvalue weighted by atomic mass is 32.2. The molecule has 266 valence electrons. The number of amides is 1. The van der Waals surface area contributed by atoms with Gasteiger partial charge in [-0.3, -0.25) is 24.0 Å². The molecule has 0 saturated carbocycles. The average Bonchev–Trinajstić information content (AvgIpc) is 3.20. The smallest absolute Gasteiger partial charge is 0.327 e. The fourth-order valence-electron chi connectivity index (χ4n) is 5.77. The molecule has 0 aromatic carbocycles. The quantitative estimate of drug-likeness (QED) is 0.130. The lowest BCUT2D eigenvalue weighted by atomic mass is 9.92. The van der Waals surface area contributed by atoms with Crippen LogP contribution in [0.15, 0.2) is 0 Å². The first-order valence-corrected chi connectivity index (χ1v) is 16.4. The minimum atomic E-state index is -1.54. The van der Waals surface area contributed by atoms with Gasteiger partial charge in [-0.2, -0.15) is 0 Å². The van der Waals surface area contributed by atoms with E-state index in [-0.39, 0.29) is 5.11 Å². The minimum absolute atomic E-state index is 0.379. The van der Waals surface area contributed by atoms with Crippen molar-refractivity contribution in [3.05, 3.63) is 0 Å². The number of carboxylic acid groups (broad SMARTS) is 1. The van der Waals surface area contributed by atoms with E-state index in [0.717, 1.165) is 32.6 Å². The number of hydrogen-bond acceptors (Lipinski definition) is 14. The van der Waals surface area contributed by atoms with Crippen LogP contribution in [0.4, 0.5) is 0 Å². The van der Waals surface area contributed by atoms with Crippen molar-refractivity contribution in [2.24, 2.45) is 5.73 Å². The van der Waals surface area contributed by atoms with Crippen LogP contribution in [0, 0.1) is 0 Å². The van der Waals surface area contributed by atoms with Crippen LogP contribution in [0.2, 0.25) is 0 Å². The number of aliphatic carboxylic acids is 1. The van der Waals surface area contributed by atoms with Gasteiger partial charge in [0, 0.05) is 32.4 Å². The molecule has 3 aliphatic rings. The SMILES string of the molecule is CC(=O)OC[C@H]1O[C@@H](N(C(N)=S)[C@@H]2C(=O)N3[C@@H]2SC(C)(C)[C@@H]3C(=O)O)[C@H](OC(C)=O)[C@@H](OC(C)=O)[C@@H]1OC(C)=O.CCN(CC)CC. The molecule has 1 amide bonds. The molecule has 3 N–H and O–H groups in total. The molecule has 0 bridgehead atoms. The van der Waals surface area contributed by atoms with Gasteiger partial charge in [-0.15, -0.1) is 11.8 Å². The summed E-state index contributed by atoms with van der Waals surface area (Å²) < 4.78 is 26.6. The standard InChI is InChI=1S/C23H31N3O12S2.C6H15N/c1-8(27)34-7-12-14(35-9(2)28)15(36-10(3)29)16(37-11(4)30)19(38-12)25(22(24)39)13-18(31)26-17(21(32)33)23(5,6)40-20(13)26;1-4-7(5-2)6-3/h12-17,19-20H,7H2,1-6H3,(H2,24,39)(H,32,33);4-6H2,1-3H3/t12-,13-,14-,15+,16-,17+,19-,20-;/m1./s1. The molecule has 3 saturated heterocycles. The summed E-state index contributed by atoms with van der Waals surface area (Å²) in [7, 11) is 0. The molecule has 0 aliphatic carbocycles. The van der Waals surface area contributed by atoms with Crippen molar-refractivity contribution in [1.29, 1.82) is 0 Å². The summed E-state index contributed by atoms with van der Waals surface area (Å²) in [6.45, 7) is 17.4. The van der Waals surface area contributed by atoms with Crippen molar-refractivity contribution in [2.45, 2.75) is 115 Å². The maximum Gasteiger partial charge on any atom is 0.327 e. The number of thiocarbonyl (C=S) groups is 1. The average molecular weight is 707 g/mol. The van der Waals surface area contributed by atoms with E-state index in [9.17, 15) is 33.9 Å². The number of nitrogens with two attached hydrogens (primary N) is 1. The van der Waals surface area contributed by atoms with Crippen LogP contribution >= 0.6 is 24.0 Å². The van der Waals surface area contributed by atoms with Crippen LogP contribution in [-0.4, -0.2) is 140 Å². The molecule has 0 aromatic heterocycles. The molecule has 18 heteroatoms. The van der Waals surface area contributed by atoms with E-state index in [4.69, 9.17) is 41.6 Å². The van der Waals surface area contributed by atoms with Crippen LogP contribution in [0.5, 0.6) is 0 Å². The second-order valence-corrected chi connectivity index (χ2v) is 13.7. The summed E-state index contributed by atoms with van der Waals surface area (Å²) in [4.78, 5) is 78.0. The fourth-order valence-corrected chi connectivity index (χ4v) is 7.67. The Morgan fingerprint density at radius 1 is 0.915 bits per heavy atom. The highest BCUT2D eigenvalue weighted by Gasteiger charge is 2.67. The predicted octanol–water partition coefficient (Wildman–Crippen LogP) is 0.479. The number of rotatable bonds is 11. The molecule has 0 radical (unpaired) electrons. The zero-order valence-corrected chi connectivity index (χ0v) is 29.8. The summed E-state index contributed by atoms with van der Waals surface area (Å²) in [5.41, 5.74) is 6.07. The first-order valence-electron chi connectivity index (χ1n) is 15.2. The van der Waals surface area contributed by atoms with Crippen LogP contribution < -0.4 is 5.73 Å². The Labute approximate surface area is 283 Å². The topological polar surface area (TPSA) is 205 Å². The van der Waals surface area contributed by atoms with Gasteiger partial charge in [0.05, 0.1) is 0 Å². The normalized spacial score (nSPS) is 28.9. The number of carbonyl (C=O) groups is 6. The van der Waals surface area contributed by atoms with E-state index in [2.05, 4.69) is 25.7 Å². The number of esters is 4. The molecule has 8 atom stereocenters. The molecule has 3 rings (SSSR count). The number of fused-ring (bicyclic) bond motifs is 1. The first kappa shape index (κ1) is 40.0. The Balaban J connectivity index is 0.000000984. The zero-order chi connectivity index (χ0) is 36.0. The number of thioether (sulfide) groups is 1. The lowest BCUT2D eigenvalue weighted by Gasteiger charge is -2.54. The van der Waals surface area contributed by atoms with Gasteiger partial charge >= 0.3 is 29.8 Å². The second-order valence-electron chi connectivity index (χ2n) is 11.5. The maximum atomic E-state index is 13.4. The fraction of sp³-hybridized carbons (Fsp3) is 0.759. The van der Waals surface area contributed by atoms with Crippen molar-refractivity contribution < 1.29 is 57.6 Å². The predicted molar refractivity (Wildman–Crippen MR) is 172 cm³/mol. The third-order valence-corrected chi connectivity index (χ3v) is 9.55. The highest BCUT2D eigenvalue weighted by molar-refractivity contribution is 8.01. The lowest BCUT2D eigenvalue weighted by Crippen LogP contribution is -2.76. The number of hydrogen-bond donors (Lipinski definition) is 2. The van der Waals surface area contributed by atoms with Gasteiger partial charge in [0.25, 0.3) is 0 Å². The van der Waals surface area contributed by atoms with Gasteiger partial charge in [-0.05, 0) is 45.7 Å². The molecular weight excluding hydrogens is 660 g/mol. The van der Waals surface area contributed by atoms with Crippen LogP contribution in [0.25, 0.3) is 0 Å². The molecule has 0 spiro atoms. The van der Waals surface area contributed by atoms with Gasteiger partial charge in [0.2, 0.25) is 5.91 Å². The van der Waals surface area contributed by atoms with Gasteiger partial charge < -0.3 is 49.2 Å². The van der Waals surface area contributed by atoms with Crippen molar-refractivity contribution >= 4 is 64.8 Å². The highest BCUT2D eigenvalue weighted by Crippen LogP contribution is 2.52. The van der Waals surface area contributed by atoms with Gasteiger partial charge in [-0.25, -0.2) is 4.79 Å². The molecule has 3 aliphatic heterocycles. The van der Waals surface area contributed by atoms with Crippen molar-refractivity contribution in [3.63, 3.8) is 0 Å². The second kappa shape index (κ2) is 16.7. The summed E-state index contributed by atoms with van der Waals surface area (Å²) in [6, 6.07) is -2.30. The Hall–Kier alpha value is -3.22. The van der Waals surface area contributed by atoms with Crippen LogP contribution in [-0.2, 0) is 52.5 Å². The van der Waals surface area contributed by atoms with E-state index >= 15 is 0 Å². The lowest BCUT2D eigenvalue weighted by molar-refractivity contribution is -0.276. The number of ether oxygens (including phenoxy) is 5. The number of nitrogens with zero attached hydrogens (tertiary/aromatic N) is 3. The van der Waals surface area contributed by atoms with E-state index in [1.54, 1.807) is 13.8 Å².